The van der Waals surface area contributed by atoms with Crippen LogP contribution < -0.4 is 5.32 Å². The minimum absolute atomic E-state index is 0.0262. The highest BCUT2D eigenvalue weighted by atomic mass is 16.5. The summed E-state index contributed by atoms with van der Waals surface area (Å²) in [6, 6.07) is 8.32. The molecule has 84 valence electrons. The molecule has 1 aromatic carbocycles. The molecule has 2 N–H and O–H groups in total. The van der Waals surface area contributed by atoms with Crippen LogP contribution in [-0.2, 0) is 11.3 Å². The van der Waals surface area contributed by atoms with Gasteiger partial charge < -0.3 is 15.0 Å². The van der Waals surface area contributed by atoms with Crippen LogP contribution in [0.4, 0.5) is 0 Å². The maximum absolute atomic E-state index is 5.94. The van der Waals surface area contributed by atoms with Gasteiger partial charge in [0.05, 0.1) is 12.2 Å². The fourth-order valence-corrected chi connectivity index (χ4v) is 2.08. The van der Waals surface area contributed by atoms with Crippen LogP contribution in [0.3, 0.4) is 0 Å². The molecule has 1 fully saturated rings. The van der Waals surface area contributed by atoms with Crippen molar-refractivity contribution in [2.75, 3.05) is 13.1 Å². The Morgan fingerprint density at radius 3 is 2.88 bits per heavy atom. The summed E-state index contributed by atoms with van der Waals surface area (Å²) in [6.45, 7) is 4.74. The quantitative estimate of drug-likeness (QED) is 0.824. The summed E-state index contributed by atoms with van der Waals surface area (Å²) in [6.07, 6.45) is 2.04. The van der Waals surface area contributed by atoms with Gasteiger partial charge in [-0.2, -0.15) is 0 Å². The maximum atomic E-state index is 5.94. The van der Waals surface area contributed by atoms with E-state index in [1.54, 1.807) is 0 Å². The standard InChI is InChI=1S/C13H16N2O/c1-13(8-14-9-13)16-7-10-6-15-12-5-3-2-4-11(10)12/h2-6,14-15H,7-9H2,1H3. The number of aromatic amines is 1. The maximum Gasteiger partial charge on any atom is 0.0906 e. The van der Waals surface area contributed by atoms with E-state index in [4.69, 9.17) is 4.74 Å². The molecule has 3 rings (SSSR count). The van der Waals surface area contributed by atoms with Gasteiger partial charge in [-0.05, 0) is 13.0 Å². The summed E-state index contributed by atoms with van der Waals surface area (Å²) in [5.41, 5.74) is 2.44. The minimum atomic E-state index is 0.0262. The van der Waals surface area contributed by atoms with Gasteiger partial charge in [0, 0.05) is 35.8 Å². The van der Waals surface area contributed by atoms with Gasteiger partial charge in [0.2, 0.25) is 0 Å². The van der Waals surface area contributed by atoms with Gasteiger partial charge in [0.25, 0.3) is 0 Å². The summed E-state index contributed by atoms with van der Waals surface area (Å²) >= 11 is 0. The summed E-state index contributed by atoms with van der Waals surface area (Å²) in [7, 11) is 0. The molecule has 2 heterocycles. The Bertz CT molecular complexity index is 499. The van der Waals surface area contributed by atoms with Crippen LogP contribution in [0, 0.1) is 0 Å². The Morgan fingerprint density at radius 1 is 1.31 bits per heavy atom. The molecule has 0 saturated carbocycles. The third kappa shape index (κ3) is 1.62. The Balaban J connectivity index is 1.79. The normalized spacial score (nSPS) is 18.6. The molecule has 0 atom stereocenters. The fourth-order valence-electron chi connectivity index (χ4n) is 2.08. The lowest BCUT2D eigenvalue weighted by Crippen LogP contribution is -2.58. The summed E-state index contributed by atoms with van der Waals surface area (Å²) in [5, 5.41) is 4.50. The van der Waals surface area contributed by atoms with Crippen LogP contribution in [0.15, 0.2) is 30.5 Å². The molecule has 3 nitrogen and oxygen atoms in total. The molecular formula is C13H16N2O. The van der Waals surface area contributed by atoms with Crippen molar-refractivity contribution in [3.05, 3.63) is 36.0 Å². The van der Waals surface area contributed by atoms with E-state index in [1.807, 2.05) is 12.3 Å². The smallest absolute Gasteiger partial charge is 0.0906 e. The zero-order valence-corrected chi connectivity index (χ0v) is 9.42. The topological polar surface area (TPSA) is 37.0 Å². The molecule has 1 saturated heterocycles. The third-order valence-electron chi connectivity index (χ3n) is 3.25. The van der Waals surface area contributed by atoms with Gasteiger partial charge in [0.15, 0.2) is 0 Å². The van der Waals surface area contributed by atoms with Crippen molar-refractivity contribution in [2.45, 2.75) is 19.1 Å². The lowest BCUT2D eigenvalue weighted by atomic mass is 10.00. The van der Waals surface area contributed by atoms with Crippen LogP contribution in [0.5, 0.6) is 0 Å². The highest BCUT2D eigenvalue weighted by molar-refractivity contribution is 5.82. The van der Waals surface area contributed by atoms with E-state index in [2.05, 4.69) is 35.4 Å². The molecule has 1 aliphatic heterocycles. The van der Waals surface area contributed by atoms with Gasteiger partial charge >= 0.3 is 0 Å². The van der Waals surface area contributed by atoms with Gasteiger partial charge in [-0.15, -0.1) is 0 Å². The van der Waals surface area contributed by atoms with Gasteiger partial charge in [0.1, 0.15) is 0 Å². The molecule has 0 unspecified atom stereocenters. The molecule has 1 aliphatic rings. The first-order valence-electron chi connectivity index (χ1n) is 5.67. The first kappa shape index (κ1) is 9.87. The average Bonchev–Trinajstić information content (AvgIpc) is 2.67. The molecule has 0 aliphatic carbocycles. The van der Waals surface area contributed by atoms with Crippen LogP contribution in [0.25, 0.3) is 10.9 Å². The van der Waals surface area contributed by atoms with Crippen LogP contribution >= 0.6 is 0 Å². The molecule has 3 heteroatoms. The molecule has 2 aromatic rings. The zero-order chi connectivity index (χ0) is 11.0. The lowest BCUT2D eigenvalue weighted by molar-refractivity contribution is -0.0763. The van der Waals surface area contributed by atoms with Gasteiger partial charge in [-0.25, -0.2) is 0 Å². The molecule has 0 radical (unpaired) electrons. The Hall–Kier alpha value is -1.32. The molecule has 0 spiro atoms. The van der Waals surface area contributed by atoms with Crippen LogP contribution in [0.2, 0.25) is 0 Å². The van der Waals surface area contributed by atoms with Crippen molar-refractivity contribution in [1.82, 2.24) is 10.3 Å². The molecular weight excluding hydrogens is 200 g/mol. The van der Waals surface area contributed by atoms with E-state index < -0.39 is 0 Å². The van der Waals surface area contributed by atoms with E-state index in [9.17, 15) is 0 Å². The summed E-state index contributed by atoms with van der Waals surface area (Å²) in [4.78, 5) is 3.26. The Kier molecular flexibility index (Phi) is 2.23. The first-order chi connectivity index (χ1) is 7.77. The zero-order valence-electron chi connectivity index (χ0n) is 9.42. The molecule has 0 amide bonds. The number of hydrogen-bond donors (Lipinski definition) is 2. The van der Waals surface area contributed by atoms with Crippen molar-refractivity contribution >= 4 is 10.9 Å². The highest BCUT2D eigenvalue weighted by Crippen LogP contribution is 2.22. The lowest BCUT2D eigenvalue weighted by Gasteiger charge is -2.39. The van der Waals surface area contributed by atoms with Gasteiger partial charge in [-0.1, -0.05) is 18.2 Å². The largest absolute Gasteiger partial charge is 0.368 e. The van der Waals surface area contributed by atoms with Crippen LogP contribution in [0.1, 0.15) is 12.5 Å². The van der Waals surface area contributed by atoms with Crippen molar-refractivity contribution in [2.24, 2.45) is 0 Å². The van der Waals surface area contributed by atoms with Crippen molar-refractivity contribution in [1.29, 1.82) is 0 Å². The van der Waals surface area contributed by atoms with E-state index in [-0.39, 0.29) is 5.60 Å². The number of ether oxygens (including phenoxy) is 1. The summed E-state index contributed by atoms with van der Waals surface area (Å²) < 4.78 is 5.94. The highest BCUT2D eigenvalue weighted by Gasteiger charge is 2.32. The Morgan fingerprint density at radius 2 is 2.12 bits per heavy atom. The second-order valence-corrected chi connectivity index (χ2v) is 4.70. The summed E-state index contributed by atoms with van der Waals surface area (Å²) in [5.74, 6) is 0. The number of benzene rings is 1. The molecule has 0 bridgehead atoms. The van der Waals surface area contributed by atoms with E-state index in [0.29, 0.717) is 6.61 Å². The van der Waals surface area contributed by atoms with Gasteiger partial charge in [-0.3, -0.25) is 0 Å². The number of nitrogens with one attached hydrogen (secondary N) is 2. The predicted octanol–water partition coefficient (Wildman–Crippen LogP) is 2.05. The average molecular weight is 216 g/mol. The van der Waals surface area contributed by atoms with Crippen molar-refractivity contribution < 1.29 is 4.74 Å². The van der Waals surface area contributed by atoms with Crippen molar-refractivity contribution in [3.8, 4) is 0 Å². The number of rotatable bonds is 3. The minimum Gasteiger partial charge on any atom is -0.368 e. The third-order valence-corrected chi connectivity index (χ3v) is 3.25. The predicted molar refractivity (Wildman–Crippen MR) is 64.4 cm³/mol. The monoisotopic (exact) mass is 216 g/mol. The number of hydrogen-bond acceptors (Lipinski definition) is 2. The molecule has 1 aromatic heterocycles. The number of para-hydroxylation sites is 1. The number of aromatic nitrogens is 1. The fraction of sp³-hybridized carbons (Fsp3) is 0.385. The first-order valence-corrected chi connectivity index (χ1v) is 5.67. The SMILES string of the molecule is CC1(OCc2c[nH]c3ccccc23)CNC1. The number of H-pyrrole nitrogens is 1. The second kappa shape index (κ2) is 3.61. The van der Waals surface area contributed by atoms with Crippen molar-refractivity contribution in [3.63, 3.8) is 0 Å². The van der Waals surface area contributed by atoms with E-state index >= 15 is 0 Å². The van der Waals surface area contributed by atoms with E-state index in [0.717, 1.165) is 13.1 Å². The molecule has 16 heavy (non-hydrogen) atoms. The Labute approximate surface area is 94.8 Å². The van der Waals surface area contributed by atoms with E-state index in [1.165, 1.54) is 16.5 Å². The second-order valence-electron chi connectivity index (χ2n) is 4.70. The number of fused-ring (bicyclic) bond motifs is 1. The van der Waals surface area contributed by atoms with Crippen LogP contribution in [-0.4, -0.2) is 23.7 Å².